The van der Waals surface area contributed by atoms with Crippen molar-refractivity contribution in [3.63, 3.8) is 0 Å². The molecule has 0 aliphatic carbocycles. The van der Waals surface area contributed by atoms with Crippen LogP contribution < -0.4 is 10.9 Å². The van der Waals surface area contributed by atoms with Crippen LogP contribution in [0.25, 0.3) is 10.8 Å². The van der Waals surface area contributed by atoms with Crippen molar-refractivity contribution in [3.05, 3.63) is 55.9 Å². The average Bonchev–Trinajstić information content (AvgIpc) is 2.90. The van der Waals surface area contributed by atoms with Gasteiger partial charge in [-0.15, -0.1) is 11.3 Å². The van der Waals surface area contributed by atoms with Gasteiger partial charge in [-0.2, -0.15) is 5.10 Å². The summed E-state index contributed by atoms with van der Waals surface area (Å²) in [6.07, 6.45) is 0.685. The number of thiazole rings is 1. The lowest BCUT2D eigenvalue weighted by Gasteiger charge is -2.09. The molecular formula is C18H20N4O2S. The van der Waals surface area contributed by atoms with Crippen molar-refractivity contribution < 1.29 is 4.79 Å². The van der Waals surface area contributed by atoms with Crippen LogP contribution in [0.5, 0.6) is 0 Å². The summed E-state index contributed by atoms with van der Waals surface area (Å²) in [5, 5.41) is 9.49. The van der Waals surface area contributed by atoms with Crippen LogP contribution in [0.1, 0.15) is 21.3 Å². The van der Waals surface area contributed by atoms with E-state index in [1.165, 1.54) is 9.56 Å². The van der Waals surface area contributed by atoms with E-state index in [-0.39, 0.29) is 18.0 Å². The summed E-state index contributed by atoms with van der Waals surface area (Å²) in [7, 11) is 0. The van der Waals surface area contributed by atoms with E-state index in [2.05, 4.69) is 15.4 Å². The van der Waals surface area contributed by atoms with Gasteiger partial charge in [0.25, 0.3) is 5.56 Å². The molecule has 1 amide bonds. The van der Waals surface area contributed by atoms with Gasteiger partial charge in [-0.3, -0.25) is 9.59 Å². The van der Waals surface area contributed by atoms with E-state index < -0.39 is 0 Å². The van der Waals surface area contributed by atoms with Crippen LogP contribution in [0.2, 0.25) is 0 Å². The highest BCUT2D eigenvalue weighted by atomic mass is 32.1. The molecule has 0 atom stereocenters. The van der Waals surface area contributed by atoms with E-state index in [9.17, 15) is 9.59 Å². The summed E-state index contributed by atoms with van der Waals surface area (Å²) in [6.45, 7) is 6.26. The maximum absolute atomic E-state index is 12.5. The highest BCUT2D eigenvalue weighted by molar-refractivity contribution is 7.11. The first-order chi connectivity index (χ1) is 12.0. The minimum Gasteiger partial charge on any atom is -0.354 e. The Hall–Kier alpha value is -2.54. The van der Waals surface area contributed by atoms with Gasteiger partial charge in [0.15, 0.2) is 0 Å². The number of nitrogens with one attached hydrogen (secondary N) is 1. The zero-order valence-electron chi connectivity index (χ0n) is 14.5. The van der Waals surface area contributed by atoms with Crippen molar-refractivity contribution in [1.29, 1.82) is 0 Å². The van der Waals surface area contributed by atoms with Crippen LogP contribution in [0, 0.1) is 20.8 Å². The molecule has 7 heteroatoms. The maximum atomic E-state index is 12.5. The fourth-order valence-corrected chi connectivity index (χ4v) is 3.59. The Kier molecular flexibility index (Phi) is 4.94. The van der Waals surface area contributed by atoms with E-state index in [0.29, 0.717) is 18.4 Å². The number of hydrogen-bond acceptors (Lipinski definition) is 5. The number of aromatic nitrogens is 3. The predicted octanol–water partition coefficient (Wildman–Crippen LogP) is 2.14. The molecule has 3 rings (SSSR count). The molecule has 1 aromatic carbocycles. The Morgan fingerprint density at radius 2 is 1.88 bits per heavy atom. The molecule has 0 radical (unpaired) electrons. The summed E-state index contributed by atoms with van der Waals surface area (Å²) < 4.78 is 1.23. The van der Waals surface area contributed by atoms with E-state index in [1.54, 1.807) is 17.4 Å². The second-order valence-corrected chi connectivity index (χ2v) is 7.23. The zero-order chi connectivity index (χ0) is 18.0. The number of carbonyl (C=O) groups excluding carboxylic acids is 1. The third-order valence-electron chi connectivity index (χ3n) is 4.08. The van der Waals surface area contributed by atoms with Gasteiger partial charge in [-0.1, -0.05) is 18.2 Å². The average molecular weight is 356 g/mol. The SMILES string of the molecule is Cc1nc(CCNC(=O)Cn2nc(C)c3ccccc3c2=O)sc1C. The van der Waals surface area contributed by atoms with Crippen LogP contribution >= 0.6 is 11.3 Å². The van der Waals surface area contributed by atoms with Crippen molar-refractivity contribution in [2.75, 3.05) is 6.54 Å². The third-order valence-corrected chi connectivity index (χ3v) is 5.21. The van der Waals surface area contributed by atoms with Crippen LogP contribution in [-0.2, 0) is 17.8 Å². The second-order valence-electron chi connectivity index (χ2n) is 5.94. The van der Waals surface area contributed by atoms with E-state index >= 15 is 0 Å². The summed E-state index contributed by atoms with van der Waals surface area (Å²) in [4.78, 5) is 30.3. The molecule has 2 heterocycles. The number of fused-ring (bicyclic) bond motifs is 1. The molecule has 0 fully saturated rings. The second kappa shape index (κ2) is 7.14. The van der Waals surface area contributed by atoms with Gasteiger partial charge >= 0.3 is 0 Å². The number of hydrogen-bond donors (Lipinski definition) is 1. The first-order valence-corrected chi connectivity index (χ1v) is 8.93. The van der Waals surface area contributed by atoms with Gasteiger partial charge in [-0.05, 0) is 26.8 Å². The maximum Gasteiger partial charge on any atom is 0.275 e. The summed E-state index contributed by atoms with van der Waals surface area (Å²) in [5.41, 5.74) is 1.52. The van der Waals surface area contributed by atoms with Crippen molar-refractivity contribution in [3.8, 4) is 0 Å². The molecule has 6 nitrogen and oxygen atoms in total. The molecule has 0 saturated heterocycles. The molecule has 1 N–H and O–H groups in total. The van der Waals surface area contributed by atoms with E-state index in [4.69, 9.17) is 0 Å². The lowest BCUT2D eigenvalue weighted by atomic mass is 10.1. The summed E-state index contributed by atoms with van der Waals surface area (Å²) >= 11 is 1.65. The fourth-order valence-electron chi connectivity index (χ4n) is 2.66. The number of carbonyl (C=O) groups is 1. The molecule has 0 spiro atoms. The minimum atomic E-state index is -0.248. The van der Waals surface area contributed by atoms with Crippen LogP contribution in [-0.4, -0.2) is 27.2 Å². The highest BCUT2D eigenvalue weighted by Gasteiger charge is 2.11. The van der Waals surface area contributed by atoms with Gasteiger partial charge in [0.1, 0.15) is 6.54 Å². The molecule has 3 aromatic rings. The molecule has 0 unspecified atom stereocenters. The topological polar surface area (TPSA) is 76.9 Å². The zero-order valence-corrected chi connectivity index (χ0v) is 15.3. The quantitative estimate of drug-likeness (QED) is 0.760. The normalized spacial score (nSPS) is 11.0. The van der Waals surface area contributed by atoms with Gasteiger partial charge in [0.05, 0.1) is 21.8 Å². The number of amides is 1. The fraction of sp³-hybridized carbons (Fsp3) is 0.333. The Morgan fingerprint density at radius 3 is 2.56 bits per heavy atom. The molecule has 0 aliphatic heterocycles. The van der Waals surface area contributed by atoms with Crippen LogP contribution in [0.15, 0.2) is 29.1 Å². The van der Waals surface area contributed by atoms with Crippen molar-refractivity contribution in [2.45, 2.75) is 33.7 Å². The van der Waals surface area contributed by atoms with Gasteiger partial charge in [0, 0.05) is 23.2 Å². The Labute approximate surface area is 149 Å². The molecule has 130 valence electrons. The Bertz CT molecular complexity index is 971. The van der Waals surface area contributed by atoms with E-state index in [0.717, 1.165) is 21.8 Å². The molecular weight excluding hydrogens is 336 g/mol. The first kappa shape index (κ1) is 17.3. The number of aryl methyl sites for hydroxylation is 3. The van der Waals surface area contributed by atoms with Gasteiger partial charge in [-0.25, -0.2) is 9.67 Å². The van der Waals surface area contributed by atoms with Crippen molar-refractivity contribution in [1.82, 2.24) is 20.1 Å². The Morgan fingerprint density at radius 1 is 1.16 bits per heavy atom. The summed E-state index contributed by atoms with van der Waals surface area (Å²) in [5.74, 6) is -0.228. The largest absolute Gasteiger partial charge is 0.354 e. The van der Waals surface area contributed by atoms with Gasteiger partial charge < -0.3 is 5.32 Å². The predicted molar refractivity (Wildman–Crippen MR) is 99.0 cm³/mol. The molecule has 0 bridgehead atoms. The molecule has 25 heavy (non-hydrogen) atoms. The minimum absolute atomic E-state index is 0.0829. The highest BCUT2D eigenvalue weighted by Crippen LogP contribution is 2.16. The molecule has 0 saturated carbocycles. The van der Waals surface area contributed by atoms with Crippen LogP contribution in [0.3, 0.4) is 0 Å². The van der Waals surface area contributed by atoms with Gasteiger partial charge in [0.2, 0.25) is 5.91 Å². The van der Waals surface area contributed by atoms with Crippen LogP contribution in [0.4, 0.5) is 0 Å². The van der Waals surface area contributed by atoms with E-state index in [1.807, 2.05) is 39.0 Å². The Balaban J connectivity index is 1.66. The first-order valence-electron chi connectivity index (χ1n) is 8.12. The standard InChI is InChI=1S/C18H20N4O2S/c1-11-13(3)25-17(20-11)8-9-19-16(23)10-22-18(24)15-7-5-4-6-14(15)12(2)21-22/h4-7H,8-10H2,1-3H3,(H,19,23). The number of rotatable bonds is 5. The number of benzene rings is 1. The monoisotopic (exact) mass is 356 g/mol. The number of nitrogens with zero attached hydrogens (tertiary/aromatic N) is 3. The van der Waals surface area contributed by atoms with Crippen molar-refractivity contribution in [2.24, 2.45) is 0 Å². The molecule has 2 aromatic heterocycles. The smallest absolute Gasteiger partial charge is 0.275 e. The van der Waals surface area contributed by atoms with Crippen molar-refractivity contribution >= 4 is 28.0 Å². The third kappa shape index (κ3) is 3.76. The lowest BCUT2D eigenvalue weighted by Crippen LogP contribution is -2.35. The summed E-state index contributed by atoms with van der Waals surface area (Å²) in [6, 6.07) is 7.30. The lowest BCUT2D eigenvalue weighted by molar-refractivity contribution is -0.121. The molecule has 0 aliphatic rings.